The summed E-state index contributed by atoms with van der Waals surface area (Å²) in [6.45, 7) is 2.09. The third-order valence-corrected chi connectivity index (χ3v) is 4.25. The van der Waals surface area contributed by atoms with Gasteiger partial charge in [0, 0.05) is 11.6 Å². The van der Waals surface area contributed by atoms with Gasteiger partial charge >= 0.3 is 5.97 Å². The normalized spacial score (nSPS) is 12.9. The molecule has 1 atom stereocenters. The zero-order valence-electron chi connectivity index (χ0n) is 12.0. The maximum absolute atomic E-state index is 12.4. The van der Waals surface area contributed by atoms with E-state index in [1.165, 1.54) is 24.3 Å². The molecule has 0 aliphatic rings. The van der Waals surface area contributed by atoms with E-state index in [9.17, 15) is 22.4 Å². The van der Waals surface area contributed by atoms with Gasteiger partial charge in [-0.15, -0.1) is 0 Å². The first kappa shape index (κ1) is 18.1. The molecular formula is C13H17FN2O5S. The summed E-state index contributed by atoms with van der Waals surface area (Å²) < 4.78 is 38.6. The molecule has 1 aromatic rings. The molecule has 3 N–H and O–H groups in total. The van der Waals surface area contributed by atoms with Crippen molar-refractivity contribution in [3.63, 3.8) is 0 Å². The van der Waals surface area contributed by atoms with Crippen molar-refractivity contribution in [3.8, 4) is 0 Å². The Hall–Kier alpha value is -2.00. The molecule has 0 fully saturated rings. The smallest absolute Gasteiger partial charge is 0.328 e. The minimum atomic E-state index is -3.68. The molecule has 1 aromatic carbocycles. The monoisotopic (exact) mass is 332 g/mol. The number of hydrogen-bond acceptors (Lipinski definition) is 4. The van der Waals surface area contributed by atoms with Crippen molar-refractivity contribution >= 4 is 21.9 Å². The van der Waals surface area contributed by atoms with Crippen molar-refractivity contribution in [3.05, 3.63) is 29.8 Å². The Morgan fingerprint density at radius 1 is 1.23 bits per heavy atom. The van der Waals surface area contributed by atoms with Gasteiger partial charge in [-0.25, -0.2) is 22.3 Å². The molecule has 0 saturated heterocycles. The van der Waals surface area contributed by atoms with Crippen LogP contribution in [0.2, 0.25) is 0 Å². The molecule has 0 radical (unpaired) electrons. The largest absolute Gasteiger partial charge is 0.480 e. The Labute approximate surface area is 127 Å². The molecule has 0 bridgehead atoms. The van der Waals surface area contributed by atoms with Gasteiger partial charge in [-0.1, -0.05) is 0 Å². The highest BCUT2D eigenvalue weighted by molar-refractivity contribution is 7.89. The highest BCUT2D eigenvalue weighted by atomic mass is 32.2. The Kier molecular flexibility index (Phi) is 6.01. The zero-order chi connectivity index (χ0) is 16.9. The van der Waals surface area contributed by atoms with Crippen LogP contribution in [0, 0.1) is 0 Å². The van der Waals surface area contributed by atoms with Gasteiger partial charge in [0.25, 0.3) is 5.91 Å². The number of benzene rings is 1. The fraction of sp³-hybridized carbons (Fsp3) is 0.385. The standard InChI is InChI=1S/C13H17FN2O5S/c1-8(2)16-22(20,21)10-5-3-9(4-6-10)12(17)15-11(7-14)13(18)19/h3-6,8,11,16H,7H2,1-2H3,(H,15,17)(H,18,19). The van der Waals surface area contributed by atoms with E-state index in [0.717, 1.165) is 0 Å². The number of nitrogens with one attached hydrogen (secondary N) is 2. The molecule has 0 heterocycles. The first-order valence-corrected chi connectivity index (χ1v) is 7.87. The molecule has 0 spiro atoms. The summed E-state index contributed by atoms with van der Waals surface area (Å²) in [5.74, 6) is -2.29. The van der Waals surface area contributed by atoms with Crippen LogP contribution in [0.15, 0.2) is 29.2 Å². The van der Waals surface area contributed by atoms with Crippen molar-refractivity contribution in [1.29, 1.82) is 0 Å². The fourth-order valence-corrected chi connectivity index (χ4v) is 2.82. The molecule has 1 rings (SSSR count). The lowest BCUT2D eigenvalue weighted by Gasteiger charge is -2.12. The number of halogens is 1. The molecule has 0 aromatic heterocycles. The molecule has 22 heavy (non-hydrogen) atoms. The number of rotatable bonds is 7. The average Bonchev–Trinajstić information content (AvgIpc) is 2.43. The predicted octanol–water partition coefficient (Wildman–Crippen LogP) is 0.526. The molecule has 7 nitrogen and oxygen atoms in total. The van der Waals surface area contributed by atoms with Crippen molar-refractivity contribution in [2.45, 2.75) is 30.8 Å². The highest BCUT2D eigenvalue weighted by Crippen LogP contribution is 2.11. The zero-order valence-corrected chi connectivity index (χ0v) is 12.9. The number of sulfonamides is 1. The van der Waals surface area contributed by atoms with Crippen LogP contribution in [0.3, 0.4) is 0 Å². The first-order chi connectivity index (χ1) is 10.2. The summed E-state index contributed by atoms with van der Waals surface area (Å²) in [4.78, 5) is 22.4. The number of carbonyl (C=O) groups is 2. The van der Waals surface area contributed by atoms with E-state index in [4.69, 9.17) is 5.11 Å². The van der Waals surface area contributed by atoms with Crippen LogP contribution in [-0.4, -0.2) is 44.2 Å². The Balaban J connectivity index is 2.89. The number of aliphatic carboxylic acids is 1. The van der Waals surface area contributed by atoms with Gasteiger partial charge in [-0.2, -0.15) is 0 Å². The molecule has 9 heteroatoms. The lowest BCUT2D eigenvalue weighted by Crippen LogP contribution is -2.42. The predicted molar refractivity (Wildman–Crippen MR) is 76.8 cm³/mol. The third kappa shape index (κ3) is 4.78. The van der Waals surface area contributed by atoms with Gasteiger partial charge in [0.1, 0.15) is 6.67 Å². The Morgan fingerprint density at radius 3 is 2.18 bits per heavy atom. The minimum absolute atomic E-state index is 0.0296. The number of hydrogen-bond donors (Lipinski definition) is 3. The molecule has 0 aliphatic carbocycles. The molecule has 0 saturated carbocycles. The molecule has 1 amide bonds. The molecule has 1 unspecified atom stereocenters. The summed E-state index contributed by atoms with van der Waals surface area (Å²) in [5, 5.41) is 10.7. The summed E-state index contributed by atoms with van der Waals surface area (Å²) in [7, 11) is -3.68. The van der Waals surface area contributed by atoms with Crippen molar-refractivity contribution < 1.29 is 27.5 Å². The van der Waals surface area contributed by atoms with Crippen LogP contribution in [0.25, 0.3) is 0 Å². The minimum Gasteiger partial charge on any atom is -0.480 e. The number of carbonyl (C=O) groups excluding carboxylic acids is 1. The lowest BCUT2D eigenvalue weighted by molar-refractivity contribution is -0.139. The van der Waals surface area contributed by atoms with Crippen LogP contribution >= 0.6 is 0 Å². The maximum Gasteiger partial charge on any atom is 0.328 e. The number of amides is 1. The molecule has 122 valence electrons. The summed E-state index contributed by atoms with van der Waals surface area (Å²) in [6, 6.07) is 2.95. The number of carboxylic acids is 1. The van der Waals surface area contributed by atoms with Gasteiger partial charge in [-0.3, -0.25) is 4.79 Å². The van der Waals surface area contributed by atoms with E-state index >= 15 is 0 Å². The van der Waals surface area contributed by atoms with Crippen LogP contribution in [0.4, 0.5) is 4.39 Å². The SMILES string of the molecule is CC(C)NS(=O)(=O)c1ccc(C(=O)NC(CF)C(=O)O)cc1. The van der Waals surface area contributed by atoms with E-state index in [-0.39, 0.29) is 16.5 Å². The number of carboxylic acid groups (broad SMARTS) is 1. The Bertz CT molecular complexity index is 643. The van der Waals surface area contributed by atoms with Gasteiger partial charge in [-0.05, 0) is 38.1 Å². The van der Waals surface area contributed by atoms with Gasteiger partial charge in [0.2, 0.25) is 10.0 Å². The second kappa shape index (κ2) is 7.32. The second-order valence-corrected chi connectivity index (χ2v) is 6.53. The fourth-order valence-electron chi connectivity index (χ4n) is 1.57. The van der Waals surface area contributed by atoms with Gasteiger partial charge in [0.05, 0.1) is 4.90 Å². The van der Waals surface area contributed by atoms with Crippen LogP contribution in [0.5, 0.6) is 0 Å². The van der Waals surface area contributed by atoms with Gasteiger partial charge in [0.15, 0.2) is 6.04 Å². The summed E-state index contributed by atoms with van der Waals surface area (Å²) in [6.07, 6.45) is 0. The first-order valence-electron chi connectivity index (χ1n) is 6.39. The van der Waals surface area contributed by atoms with E-state index < -0.39 is 34.6 Å². The maximum atomic E-state index is 12.4. The van der Waals surface area contributed by atoms with Crippen molar-refractivity contribution in [2.75, 3.05) is 6.67 Å². The number of alkyl halides is 1. The quantitative estimate of drug-likeness (QED) is 0.674. The van der Waals surface area contributed by atoms with E-state index in [1.807, 2.05) is 5.32 Å². The van der Waals surface area contributed by atoms with E-state index in [0.29, 0.717) is 0 Å². The molecular weight excluding hydrogens is 315 g/mol. The second-order valence-electron chi connectivity index (χ2n) is 4.82. The van der Waals surface area contributed by atoms with Gasteiger partial charge < -0.3 is 10.4 Å². The van der Waals surface area contributed by atoms with Crippen LogP contribution < -0.4 is 10.0 Å². The Morgan fingerprint density at radius 2 is 1.77 bits per heavy atom. The molecule has 0 aliphatic heterocycles. The summed E-state index contributed by atoms with van der Waals surface area (Å²) >= 11 is 0. The van der Waals surface area contributed by atoms with Crippen LogP contribution in [0.1, 0.15) is 24.2 Å². The van der Waals surface area contributed by atoms with Crippen LogP contribution in [-0.2, 0) is 14.8 Å². The highest BCUT2D eigenvalue weighted by Gasteiger charge is 2.21. The third-order valence-electron chi connectivity index (χ3n) is 2.58. The van der Waals surface area contributed by atoms with E-state index in [2.05, 4.69) is 4.72 Å². The summed E-state index contributed by atoms with van der Waals surface area (Å²) in [5.41, 5.74) is 0.0307. The van der Waals surface area contributed by atoms with Crippen molar-refractivity contribution in [1.82, 2.24) is 10.0 Å². The van der Waals surface area contributed by atoms with E-state index in [1.54, 1.807) is 13.8 Å². The topological polar surface area (TPSA) is 113 Å². The van der Waals surface area contributed by atoms with Crippen molar-refractivity contribution in [2.24, 2.45) is 0 Å². The lowest BCUT2D eigenvalue weighted by atomic mass is 10.2. The average molecular weight is 332 g/mol.